The van der Waals surface area contributed by atoms with Crippen molar-refractivity contribution in [2.24, 2.45) is 0 Å². The highest BCUT2D eigenvalue weighted by atomic mass is 16.5. The van der Waals surface area contributed by atoms with Gasteiger partial charge in [-0.25, -0.2) is 4.79 Å². The van der Waals surface area contributed by atoms with Gasteiger partial charge in [0.2, 0.25) is 0 Å². The number of ether oxygens (including phenoxy) is 1. The number of hydrogen-bond acceptors (Lipinski definition) is 6. The van der Waals surface area contributed by atoms with Crippen molar-refractivity contribution in [1.29, 1.82) is 0 Å². The van der Waals surface area contributed by atoms with E-state index in [-0.39, 0.29) is 23.2 Å². The van der Waals surface area contributed by atoms with E-state index in [1.54, 1.807) is 24.3 Å². The Hall–Kier alpha value is -4.21. The van der Waals surface area contributed by atoms with E-state index in [0.29, 0.717) is 12.8 Å². The molecule has 1 heterocycles. The summed E-state index contributed by atoms with van der Waals surface area (Å²) in [6.45, 7) is 0.647. The predicted molar refractivity (Wildman–Crippen MR) is 130 cm³/mol. The summed E-state index contributed by atoms with van der Waals surface area (Å²) in [5.41, 5.74) is 0.523. The number of hydrogen-bond donors (Lipinski definition) is 3. The number of carbonyl (C=O) groups excluding carboxylic acids is 5. The Morgan fingerprint density at radius 2 is 1.69 bits per heavy atom. The third-order valence-electron chi connectivity index (χ3n) is 6.45. The van der Waals surface area contributed by atoms with E-state index in [2.05, 4.69) is 16.0 Å². The van der Waals surface area contributed by atoms with Crippen molar-refractivity contribution in [3.05, 3.63) is 65.7 Å². The first-order chi connectivity index (χ1) is 17.3. The summed E-state index contributed by atoms with van der Waals surface area (Å²) in [5, 5.41) is 8.15. The van der Waals surface area contributed by atoms with Gasteiger partial charge in [0.15, 0.2) is 6.61 Å². The van der Waals surface area contributed by atoms with Crippen LogP contribution in [0.5, 0.6) is 0 Å². The maximum Gasteiger partial charge on any atom is 0.326 e. The third kappa shape index (κ3) is 5.37. The number of anilines is 1. The van der Waals surface area contributed by atoms with Crippen LogP contribution in [-0.2, 0) is 19.1 Å². The van der Waals surface area contributed by atoms with E-state index >= 15 is 0 Å². The number of imide groups is 1. The largest absolute Gasteiger partial charge is 0.454 e. The molecule has 3 N–H and O–H groups in total. The molecule has 1 aliphatic heterocycles. The predicted octanol–water partition coefficient (Wildman–Crippen LogP) is 2.52. The van der Waals surface area contributed by atoms with Gasteiger partial charge in [0, 0.05) is 0 Å². The lowest BCUT2D eigenvalue weighted by molar-refractivity contribution is -0.150. The Balaban J connectivity index is 1.30. The lowest BCUT2D eigenvalue weighted by Crippen LogP contribution is -2.44. The molecule has 1 saturated carbocycles. The first-order valence-electron chi connectivity index (χ1n) is 11.8. The zero-order valence-corrected chi connectivity index (χ0v) is 19.9. The van der Waals surface area contributed by atoms with Crippen LogP contribution in [0.25, 0.3) is 0 Å². The summed E-state index contributed by atoms with van der Waals surface area (Å²) < 4.78 is 4.98. The molecule has 5 amide bonds. The molecule has 0 aromatic heterocycles. The van der Waals surface area contributed by atoms with Crippen molar-refractivity contribution in [2.45, 2.75) is 44.2 Å². The number of amides is 5. The molecule has 2 aliphatic rings. The average Bonchev–Trinajstić information content (AvgIpc) is 3.43. The van der Waals surface area contributed by atoms with Crippen molar-refractivity contribution < 1.29 is 28.7 Å². The summed E-state index contributed by atoms with van der Waals surface area (Å²) in [6, 6.07) is 15.0. The van der Waals surface area contributed by atoms with Crippen LogP contribution in [-0.4, -0.2) is 53.3 Å². The molecule has 0 radical (unpaired) electrons. The minimum absolute atomic E-state index is 0.251. The molecule has 0 bridgehead atoms. The highest BCUT2D eigenvalue weighted by Gasteiger charge is 2.52. The molecule has 36 heavy (non-hydrogen) atoms. The second-order valence-corrected chi connectivity index (χ2v) is 8.97. The summed E-state index contributed by atoms with van der Waals surface area (Å²) in [6.07, 6.45) is 2.75. The minimum atomic E-state index is -0.920. The number of nitrogens with zero attached hydrogens (tertiary/aromatic N) is 1. The molecule has 4 rings (SSSR count). The van der Waals surface area contributed by atoms with Gasteiger partial charge in [-0.1, -0.05) is 55.3 Å². The molecule has 1 atom stereocenters. The zero-order valence-electron chi connectivity index (χ0n) is 19.9. The number of carbonyl (C=O) groups is 5. The monoisotopic (exact) mass is 492 g/mol. The van der Waals surface area contributed by atoms with E-state index in [1.807, 2.05) is 37.3 Å². The second-order valence-electron chi connectivity index (χ2n) is 8.97. The van der Waals surface area contributed by atoms with E-state index in [4.69, 9.17) is 4.74 Å². The van der Waals surface area contributed by atoms with Gasteiger partial charge in [-0.15, -0.1) is 0 Å². The number of benzene rings is 2. The van der Waals surface area contributed by atoms with Gasteiger partial charge in [0.25, 0.3) is 17.7 Å². The number of urea groups is 1. The normalized spacial score (nSPS) is 17.0. The Labute approximate surface area is 208 Å². The lowest BCUT2D eigenvalue weighted by Gasteiger charge is -2.19. The molecule has 188 valence electrons. The highest BCUT2D eigenvalue weighted by Crippen LogP contribution is 2.34. The maximum absolute atomic E-state index is 12.8. The van der Waals surface area contributed by atoms with Crippen molar-refractivity contribution in [1.82, 2.24) is 15.5 Å². The number of esters is 1. The van der Waals surface area contributed by atoms with E-state index < -0.39 is 42.5 Å². The summed E-state index contributed by atoms with van der Waals surface area (Å²) >= 11 is 0. The van der Waals surface area contributed by atoms with Crippen LogP contribution in [0.4, 0.5) is 10.5 Å². The van der Waals surface area contributed by atoms with Crippen LogP contribution >= 0.6 is 0 Å². The van der Waals surface area contributed by atoms with Crippen LogP contribution in [0, 0.1) is 0 Å². The molecule has 2 aromatic rings. The number of nitrogens with one attached hydrogen (secondary N) is 3. The smallest absolute Gasteiger partial charge is 0.326 e. The molecular formula is C26H28N4O6. The fraction of sp³-hybridized carbons (Fsp3) is 0.346. The van der Waals surface area contributed by atoms with Crippen LogP contribution in [0.15, 0.2) is 54.6 Å². The molecule has 2 aromatic carbocycles. The zero-order chi connectivity index (χ0) is 25.7. The Kier molecular flexibility index (Phi) is 7.33. The molecule has 2 fully saturated rings. The topological polar surface area (TPSA) is 134 Å². The van der Waals surface area contributed by atoms with Crippen LogP contribution in [0.1, 0.15) is 54.6 Å². The maximum atomic E-state index is 12.8. The van der Waals surface area contributed by atoms with Crippen LogP contribution < -0.4 is 16.0 Å². The van der Waals surface area contributed by atoms with Crippen molar-refractivity contribution >= 4 is 35.4 Å². The van der Waals surface area contributed by atoms with Crippen LogP contribution in [0.2, 0.25) is 0 Å². The standard InChI is InChI=1S/C26H28N4O6/c1-17(18-9-3-2-4-10-18)27-23(33)19-11-5-6-12-20(19)28-21(31)16-36-22(32)15-30-24(34)26(29-25(30)35)13-7-8-14-26/h2-6,9-12,17H,7-8,13-16H2,1H3,(H,27,33)(H,28,31)(H,29,35)/t17-/m1/s1. The highest BCUT2D eigenvalue weighted by molar-refractivity contribution is 6.09. The van der Waals surface area contributed by atoms with E-state index in [0.717, 1.165) is 23.3 Å². The van der Waals surface area contributed by atoms with Crippen molar-refractivity contribution in [3.8, 4) is 0 Å². The Bertz CT molecular complexity index is 1180. The molecule has 10 nitrogen and oxygen atoms in total. The Morgan fingerprint density at radius 1 is 1.03 bits per heavy atom. The molecule has 10 heteroatoms. The van der Waals surface area contributed by atoms with Gasteiger partial charge in [-0.05, 0) is 37.5 Å². The van der Waals surface area contributed by atoms with Gasteiger partial charge in [-0.2, -0.15) is 0 Å². The van der Waals surface area contributed by atoms with Gasteiger partial charge in [0.1, 0.15) is 12.1 Å². The molecule has 1 spiro atoms. The molecule has 1 saturated heterocycles. The van der Waals surface area contributed by atoms with Gasteiger partial charge in [0.05, 0.1) is 17.3 Å². The van der Waals surface area contributed by atoms with Gasteiger partial charge in [-0.3, -0.25) is 24.1 Å². The fourth-order valence-corrected chi connectivity index (χ4v) is 4.53. The first-order valence-corrected chi connectivity index (χ1v) is 11.8. The summed E-state index contributed by atoms with van der Waals surface area (Å²) in [7, 11) is 0. The SMILES string of the molecule is C[C@@H](NC(=O)c1ccccc1NC(=O)COC(=O)CN1C(=O)NC2(CCCC2)C1=O)c1ccccc1. The Morgan fingerprint density at radius 3 is 2.42 bits per heavy atom. The van der Waals surface area contributed by atoms with E-state index in [1.165, 1.54) is 0 Å². The summed E-state index contributed by atoms with van der Waals surface area (Å²) in [4.78, 5) is 63.2. The average molecular weight is 493 g/mol. The van der Waals surface area contributed by atoms with Gasteiger partial charge < -0.3 is 20.7 Å². The fourth-order valence-electron chi connectivity index (χ4n) is 4.53. The molecular weight excluding hydrogens is 464 g/mol. The number of rotatable bonds is 8. The van der Waals surface area contributed by atoms with Crippen LogP contribution in [0.3, 0.4) is 0 Å². The van der Waals surface area contributed by atoms with E-state index in [9.17, 15) is 24.0 Å². The molecule has 0 unspecified atom stereocenters. The van der Waals surface area contributed by atoms with Crippen molar-refractivity contribution in [3.63, 3.8) is 0 Å². The minimum Gasteiger partial charge on any atom is -0.454 e. The first kappa shape index (κ1) is 24.9. The summed E-state index contributed by atoms with van der Waals surface area (Å²) in [5.74, 6) is -2.36. The molecule has 1 aliphatic carbocycles. The van der Waals surface area contributed by atoms with Gasteiger partial charge >= 0.3 is 12.0 Å². The quantitative estimate of drug-likeness (QED) is 0.383. The third-order valence-corrected chi connectivity index (χ3v) is 6.45. The number of para-hydroxylation sites is 1. The van der Waals surface area contributed by atoms with Crippen molar-refractivity contribution in [2.75, 3.05) is 18.5 Å². The lowest BCUT2D eigenvalue weighted by atomic mass is 9.98. The second kappa shape index (κ2) is 10.6.